The predicted octanol–water partition coefficient (Wildman–Crippen LogP) is 1.61. The summed E-state index contributed by atoms with van der Waals surface area (Å²) in [4.78, 5) is 16.9. The van der Waals surface area contributed by atoms with E-state index in [1.54, 1.807) is 7.11 Å². The van der Waals surface area contributed by atoms with Gasteiger partial charge in [0.1, 0.15) is 0 Å². The van der Waals surface area contributed by atoms with Crippen molar-refractivity contribution in [1.82, 2.24) is 15.1 Å². The summed E-state index contributed by atoms with van der Waals surface area (Å²) in [7, 11) is 1.73. The molecule has 0 aromatic heterocycles. The molecule has 1 aromatic carbocycles. The van der Waals surface area contributed by atoms with Crippen LogP contribution in [0.1, 0.15) is 12.5 Å². The number of amides is 1. The molecule has 1 atom stereocenters. The fraction of sp³-hybridized carbons (Fsp3) is 0.588. The van der Waals surface area contributed by atoms with E-state index in [9.17, 15) is 4.79 Å². The minimum Gasteiger partial charge on any atom is -0.383 e. The number of ether oxygens (including phenoxy) is 1. The van der Waals surface area contributed by atoms with E-state index >= 15 is 0 Å². The van der Waals surface area contributed by atoms with E-state index < -0.39 is 0 Å². The van der Waals surface area contributed by atoms with E-state index in [1.807, 2.05) is 31.2 Å². The quantitative estimate of drug-likeness (QED) is 0.819. The molecule has 1 aromatic rings. The SMILES string of the molecule is COCCN1CCN(C(C)C(=O)NCc2ccc(Cl)cc2)CC1. The fourth-order valence-corrected chi connectivity index (χ4v) is 2.83. The largest absolute Gasteiger partial charge is 0.383 e. The van der Waals surface area contributed by atoms with Gasteiger partial charge in [-0.25, -0.2) is 0 Å². The van der Waals surface area contributed by atoms with Crippen LogP contribution in [0.5, 0.6) is 0 Å². The van der Waals surface area contributed by atoms with Crippen molar-refractivity contribution in [2.45, 2.75) is 19.5 Å². The van der Waals surface area contributed by atoms with Gasteiger partial charge in [-0.2, -0.15) is 0 Å². The van der Waals surface area contributed by atoms with Crippen LogP contribution in [-0.4, -0.2) is 68.2 Å². The lowest BCUT2D eigenvalue weighted by atomic mass is 10.2. The van der Waals surface area contributed by atoms with Gasteiger partial charge in [0.05, 0.1) is 12.6 Å². The van der Waals surface area contributed by atoms with Gasteiger partial charge in [-0.1, -0.05) is 23.7 Å². The van der Waals surface area contributed by atoms with Crippen molar-refractivity contribution >= 4 is 17.5 Å². The number of rotatable bonds is 7. The molecule has 1 aliphatic rings. The highest BCUT2D eigenvalue weighted by molar-refractivity contribution is 6.30. The summed E-state index contributed by atoms with van der Waals surface area (Å²) in [6, 6.07) is 7.44. The maximum absolute atomic E-state index is 12.3. The lowest BCUT2D eigenvalue weighted by Crippen LogP contribution is -2.54. The Bertz CT molecular complexity index is 487. The number of carbonyl (C=O) groups excluding carboxylic acids is 1. The zero-order chi connectivity index (χ0) is 16.7. The third kappa shape index (κ3) is 5.77. The standard InChI is InChI=1S/C17H26ClN3O2/c1-14(21-9-7-20(8-10-21)11-12-23-2)17(22)19-13-15-3-5-16(18)6-4-15/h3-6,14H,7-13H2,1-2H3,(H,19,22). The lowest BCUT2D eigenvalue weighted by molar-refractivity contribution is -0.126. The number of benzene rings is 1. The molecule has 1 aliphatic heterocycles. The van der Waals surface area contributed by atoms with Crippen molar-refractivity contribution in [1.29, 1.82) is 0 Å². The van der Waals surface area contributed by atoms with Crippen molar-refractivity contribution in [2.24, 2.45) is 0 Å². The van der Waals surface area contributed by atoms with Gasteiger partial charge in [-0.3, -0.25) is 14.6 Å². The average molecular weight is 340 g/mol. The van der Waals surface area contributed by atoms with Crippen LogP contribution in [0.3, 0.4) is 0 Å². The molecule has 0 saturated carbocycles. The second kappa shape index (κ2) is 9.23. The van der Waals surface area contributed by atoms with Crippen molar-refractivity contribution in [2.75, 3.05) is 46.4 Å². The number of hydrogen-bond donors (Lipinski definition) is 1. The Balaban J connectivity index is 1.73. The Morgan fingerprint density at radius 3 is 2.52 bits per heavy atom. The molecular weight excluding hydrogens is 314 g/mol. The molecule has 23 heavy (non-hydrogen) atoms. The molecule has 1 fully saturated rings. The maximum Gasteiger partial charge on any atom is 0.237 e. The van der Waals surface area contributed by atoms with Crippen molar-refractivity contribution in [3.8, 4) is 0 Å². The van der Waals surface area contributed by atoms with Crippen molar-refractivity contribution in [3.05, 3.63) is 34.9 Å². The number of piperazine rings is 1. The van der Waals surface area contributed by atoms with Gasteiger partial charge in [-0.15, -0.1) is 0 Å². The van der Waals surface area contributed by atoms with Gasteiger partial charge in [-0.05, 0) is 24.6 Å². The summed E-state index contributed by atoms with van der Waals surface area (Å²) in [6.07, 6.45) is 0. The first-order valence-electron chi connectivity index (χ1n) is 8.07. The van der Waals surface area contributed by atoms with Gasteiger partial charge in [0, 0.05) is 51.4 Å². The van der Waals surface area contributed by atoms with E-state index in [2.05, 4.69) is 15.1 Å². The predicted molar refractivity (Wildman–Crippen MR) is 92.6 cm³/mol. The Hall–Kier alpha value is -1.14. The van der Waals surface area contributed by atoms with Crippen LogP contribution >= 0.6 is 11.6 Å². The Morgan fingerprint density at radius 2 is 1.91 bits per heavy atom. The summed E-state index contributed by atoms with van der Waals surface area (Å²) in [5.41, 5.74) is 1.05. The Labute approximate surface area is 143 Å². The molecular formula is C17H26ClN3O2. The monoisotopic (exact) mass is 339 g/mol. The minimum absolute atomic E-state index is 0.0743. The summed E-state index contributed by atoms with van der Waals surface area (Å²) in [6.45, 7) is 8.03. The number of hydrogen-bond acceptors (Lipinski definition) is 4. The summed E-state index contributed by atoms with van der Waals surface area (Å²) in [5.74, 6) is 0.0743. The first-order valence-corrected chi connectivity index (χ1v) is 8.45. The molecule has 1 amide bonds. The first-order chi connectivity index (χ1) is 11.1. The minimum atomic E-state index is -0.105. The molecule has 0 aliphatic carbocycles. The van der Waals surface area contributed by atoms with Crippen LogP contribution in [0.25, 0.3) is 0 Å². The second-order valence-electron chi connectivity index (χ2n) is 5.89. The third-order valence-corrected chi connectivity index (χ3v) is 4.58. The molecule has 1 saturated heterocycles. The molecule has 1 unspecified atom stereocenters. The van der Waals surface area contributed by atoms with Crippen LogP contribution in [0.4, 0.5) is 0 Å². The third-order valence-electron chi connectivity index (χ3n) is 4.33. The summed E-state index contributed by atoms with van der Waals surface area (Å²) >= 11 is 5.86. The van der Waals surface area contributed by atoms with Crippen LogP contribution in [0.15, 0.2) is 24.3 Å². The normalized spacial score (nSPS) is 17.9. The highest BCUT2D eigenvalue weighted by atomic mass is 35.5. The Morgan fingerprint density at radius 1 is 1.26 bits per heavy atom. The summed E-state index contributed by atoms with van der Waals surface area (Å²) < 4.78 is 5.11. The lowest BCUT2D eigenvalue weighted by Gasteiger charge is -2.37. The zero-order valence-corrected chi connectivity index (χ0v) is 14.7. The van der Waals surface area contributed by atoms with Gasteiger partial charge >= 0.3 is 0 Å². The Kier molecular flexibility index (Phi) is 7.30. The number of nitrogens with one attached hydrogen (secondary N) is 1. The fourth-order valence-electron chi connectivity index (χ4n) is 2.70. The number of carbonyl (C=O) groups is 1. The number of nitrogens with zero attached hydrogens (tertiary/aromatic N) is 2. The highest BCUT2D eigenvalue weighted by Crippen LogP contribution is 2.10. The van der Waals surface area contributed by atoms with E-state index in [4.69, 9.17) is 16.3 Å². The van der Waals surface area contributed by atoms with Gasteiger partial charge in [0.15, 0.2) is 0 Å². The topological polar surface area (TPSA) is 44.8 Å². The summed E-state index contributed by atoms with van der Waals surface area (Å²) in [5, 5.41) is 3.71. The second-order valence-corrected chi connectivity index (χ2v) is 6.33. The van der Waals surface area contributed by atoms with E-state index in [-0.39, 0.29) is 11.9 Å². The first kappa shape index (κ1) is 18.2. The van der Waals surface area contributed by atoms with Crippen LogP contribution in [0, 0.1) is 0 Å². The van der Waals surface area contributed by atoms with E-state index in [0.29, 0.717) is 11.6 Å². The molecule has 1 heterocycles. The zero-order valence-electron chi connectivity index (χ0n) is 13.9. The van der Waals surface area contributed by atoms with Crippen molar-refractivity contribution in [3.63, 3.8) is 0 Å². The van der Waals surface area contributed by atoms with Gasteiger partial charge in [0.25, 0.3) is 0 Å². The van der Waals surface area contributed by atoms with E-state index in [1.165, 1.54) is 0 Å². The molecule has 2 rings (SSSR count). The molecule has 1 N–H and O–H groups in total. The van der Waals surface area contributed by atoms with Crippen LogP contribution in [0.2, 0.25) is 5.02 Å². The van der Waals surface area contributed by atoms with Crippen molar-refractivity contribution < 1.29 is 9.53 Å². The molecule has 0 bridgehead atoms. The maximum atomic E-state index is 12.3. The molecule has 128 valence electrons. The average Bonchev–Trinajstić information content (AvgIpc) is 2.59. The molecule has 6 heteroatoms. The number of methoxy groups -OCH3 is 1. The number of halogens is 1. The smallest absolute Gasteiger partial charge is 0.237 e. The van der Waals surface area contributed by atoms with E-state index in [0.717, 1.165) is 44.9 Å². The molecule has 5 nitrogen and oxygen atoms in total. The van der Waals surface area contributed by atoms with Gasteiger partial charge in [0.2, 0.25) is 5.91 Å². The molecule has 0 radical (unpaired) electrons. The van der Waals surface area contributed by atoms with Crippen LogP contribution < -0.4 is 5.32 Å². The van der Waals surface area contributed by atoms with Gasteiger partial charge < -0.3 is 10.1 Å². The van der Waals surface area contributed by atoms with Crippen LogP contribution in [-0.2, 0) is 16.1 Å². The highest BCUT2D eigenvalue weighted by Gasteiger charge is 2.25. The molecule has 0 spiro atoms.